The zero-order valence-electron chi connectivity index (χ0n) is 23.5. The van der Waals surface area contributed by atoms with Crippen molar-refractivity contribution in [1.82, 2.24) is 4.31 Å². The van der Waals surface area contributed by atoms with Gasteiger partial charge in [0, 0.05) is 24.0 Å². The standard InChI is InChI=1S/C31H43NO3SSi/c1-21(2)37(22(3)4,23(5)6)35-30-20-29(26-12-10-9-11-13-26)28-18-19-32(25(8)31(28)30)36(33,34)27-16-14-24(7)15-17-27/h9-23,25,28-29,31H,1-8H3/t25-,28-,29+,31-/m1/s1. The Morgan fingerprint density at radius 2 is 1.43 bits per heavy atom. The van der Waals surface area contributed by atoms with Crippen molar-refractivity contribution in [3.8, 4) is 0 Å². The van der Waals surface area contributed by atoms with Gasteiger partial charge in [-0.25, -0.2) is 8.42 Å². The first-order valence-electron chi connectivity index (χ1n) is 13.7. The number of aryl methyl sites for hydroxylation is 1. The van der Waals surface area contributed by atoms with Crippen LogP contribution in [0.25, 0.3) is 0 Å². The highest BCUT2D eigenvalue weighted by atomic mass is 32.2. The topological polar surface area (TPSA) is 46.6 Å². The minimum Gasteiger partial charge on any atom is -0.546 e. The summed E-state index contributed by atoms with van der Waals surface area (Å²) in [4.78, 5) is 0.326. The number of rotatable bonds is 8. The molecule has 0 saturated carbocycles. The molecule has 4 atom stereocenters. The smallest absolute Gasteiger partial charge is 0.264 e. The first-order chi connectivity index (χ1) is 17.4. The van der Waals surface area contributed by atoms with Gasteiger partial charge in [0.15, 0.2) is 0 Å². The number of allylic oxidation sites excluding steroid dienone is 2. The average Bonchev–Trinajstić information content (AvgIpc) is 3.21. The first-order valence-corrected chi connectivity index (χ1v) is 17.2. The second-order valence-electron chi connectivity index (χ2n) is 11.8. The van der Waals surface area contributed by atoms with Crippen LogP contribution in [0.1, 0.15) is 65.5 Å². The summed E-state index contributed by atoms with van der Waals surface area (Å²) >= 11 is 0. The van der Waals surface area contributed by atoms with Gasteiger partial charge in [-0.15, -0.1) is 0 Å². The summed E-state index contributed by atoms with van der Waals surface area (Å²) in [5, 5.41) is 0. The van der Waals surface area contributed by atoms with Crippen LogP contribution in [-0.2, 0) is 14.4 Å². The number of fused-ring (bicyclic) bond motifs is 1. The zero-order chi connectivity index (χ0) is 27.1. The average molecular weight is 538 g/mol. The number of hydrogen-bond acceptors (Lipinski definition) is 3. The highest BCUT2D eigenvalue weighted by molar-refractivity contribution is 7.89. The van der Waals surface area contributed by atoms with Crippen LogP contribution in [-0.4, -0.2) is 27.1 Å². The Morgan fingerprint density at radius 3 is 1.97 bits per heavy atom. The molecule has 4 nitrogen and oxygen atoms in total. The summed E-state index contributed by atoms with van der Waals surface area (Å²) in [6, 6.07) is 17.4. The van der Waals surface area contributed by atoms with Crippen molar-refractivity contribution in [1.29, 1.82) is 0 Å². The molecule has 4 rings (SSSR count). The Bertz CT molecular complexity index is 1230. The molecule has 0 unspecified atom stereocenters. The van der Waals surface area contributed by atoms with E-state index >= 15 is 0 Å². The Kier molecular flexibility index (Phi) is 7.83. The second-order valence-corrected chi connectivity index (χ2v) is 19.0. The van der Waals surface area contributed by atoms with E-state index in [0.717, 1.165) is 11.3 Å². The van der Waals surface area contributed by atoms with Gasteiger partial charge in [-0.3, -0.25) is 4.31 Å². The molecule has 2 aromatic carbocycles. The molecule has 0 N–H and O–H groups in total. The van der Waals surface area contributed by atoms with Crippen LogP contribution in [0.4, 0.5) is 0 Å². The minimum atomic E-state index is -3.69. The van der Waals surface area contributed by atoms with Crippen LogP contribution in [0.2, 0.25) is 16.6 Å². The lowest BCUT2D eigenvalue weighted by Gasteiger charge is -2.46. The molecular formula is C31H43NO3SSi. The fraction of sp³-hybridized carbons (Fsp3) is 0.484. The molecule has 0 spiro atoms. The molecule has 2 aromatic rings. The van der Waals surface area contributed by atoms with Crippen molar-refractivity contribution in [3.05, 3.63) is 89.8 Å². The van der Waals surface area contributed by atoms with Gasteiger partial charge in [-0.2, -0.15) is 0 Å². The maximum Gasteiger partial charge on any atom is 0.264 e. The third kappa shape index (κ3) is 4.83. The molecule has 6 heteroatoms. The summed E-state index contributed by atoms with van der Waals surface area (Å²) in [7, 11) is -5.92. The normalized spacial score (nSPS) is 24.1. The molecule has 0 amide bonds. The number of hydrogen-bond donors (Lipinski definition) is 0. The van der Waals surface area contributed by atoms with Crippen LogP contribution < -0.4 is 0 Å². The quantitative estimate of drug-likeness (QED) is 0.320. The van der Waals surface area contributed by atoms with Crippen LogP contribution in [0, 0.1) is 18.8 Å². The molecule has 0 aromatic heterocycles. The summed E-state index contributed by atoms with van der Waals surface area (Å²) in [5.41, 5.74) is 3.59. The monoisotopic (exact) mass is 537 g/mol. The van der Waals surface area contributed by atoms with Crippen molar-refractivity contribution in [3.63, 3.8) is 0 Å². The van der Waals surface area contributed by atoms with Gasteiger partial charge in [-0.1, -0.05) is 95.6 Å². The lowest BCUT2D eigenvalue weighted by molar-refractivity contribution is 0.208. The van der Waals surface area contributed by atoms with Crippen molar-refractivity contribution in [2.75, 3.05) is 0 Å². The lowest BCUT2D eigenvalue weighted by atomic mass is 9.79. The number of nitrogens with zero attached hydrogens (tertiary/aromatic N) is 1. The summed E-state index contributed by atoms with van der Waals surface area (Å²) in [6.45, 7) is 17.8. The van der Waals surface area contributed by atoms with E-state index in [4.69, 9.17) is 4.43 Å². The lowest BCUT2D eigenvalue weighted by Crippen LogP contribution is -2.50. The second kappa shape index (κ2) is 10.5. The number of benzene rings is 2. The van der Waals surface area contributed by atoms with Gasteiger partial charge < -0.3 is 4.43 Å². The molecule has 1 aliphatic heterocycles. The first kappa shape index (κ1) is 27.7. The van der Waals surface area contributed by atoms with Crippen molar-refractivity contribution < 1.29 is 12.8 Å². The van der Waals surface area contributed by atoms with Gasteiger partial charge >= 0.3 is 0 Å². The van der Waals surface area contributed by atoms with Crippen LogP contribution in [0.5, 0.6) is 0 Å². The van der Waals surface area contributed by atoms with Crippen LogP contribution in [0.15, 0.2) is 83.6 Å². The molecule has 1 aliphatic carbocycles. The summed E-state index contributed by atoms with van der Waals surface area (Å²) in [5.74, 6) is 1.25. The Hall–Kier alpha value is -2.31. The highest BCUT2D eigenvalue weighted by Gasteiger charge is 2.52. The molecule has 1 heterocycles. The number of sulfonamides is 1. The Balaban J connectivity index is 1.80. The van der Waals surface area contributed by atoms with Gasteiger partial charge in [0.2, 0.25) is 0 Å². The summed E-state index contributed by atoms with van der Waals surface area (Å²) in [6.07, 6.45) is 6.21. The molecule has 0 radical (unpaired) electrons. The molecule has 0 fully saturated rings. The third-order valence-corrected chi connectivity index (χ3v) is 16.5. The summed E-state index contributed by atoms with van der Waals surface area (Å²) < 4.78 is 36.4. The van der Waals surface area contributed by atoms with Crippen molar-refractivity contribution in [2.24, 2.45) is 11.8 Å². The zero-order valence-corrected chi connectivity index (χ0v) is 25.4. The van der Waals surface area contributed by atoms with E-state index in [-0.39, 0.29) is 23.8 Å². The van der Waals surface area contributed by atoms with Crippen molar-refractivity contribution >= 4 is 18.3 Å². The largest absolute Gasteiger partial charge is 0.546 e. The van der Waals surface area contributed by atoms with E-state index in [0.29, 0.717) is 21.5 Å². The van der Waals surface area contributed by atoms with E-state index in [9.17, 15) is 8.42 Å². The van der Waals surface area contributed by atoms with E-state index in [1.807, 2.05) is 32.0 Å². The van der Waals surface area contributed by atoms with Gasteiger partial charge in [0.25, 0.3) is 18.3 Å². The van der Waals surface area contributed by atoms with E-state index in [1.54, 1.807) is 22.6 Å². The molecule has 0 saturated heterocycles. The highest BCUT2D eigenvalue weighted by Crippen LogP contribution is 2.53. The molecule has 2 aliphatic rings. The Labute approximate surface area is 225 Å². The maximum atomic E-state index is 13.8. The van der Waals surface area contributed by atoms with Crippen LogP contribution >= 0.6 is 0 Å². The van der Waals surface area contributed by atoms with Gasteiger partial charge in [-0.05, 0) is 54.2 Å². The molecule has 200 valence electrons. The molecule has 37 heavy (non-hydrogen) atoms. The fourth-order valence-electron chi connectivity index (χ4n) is 6.87. The predicted octanol–water partition coefficient (Wildman–Crippen LogP) is 8.01. The maximum absolute atomic E-state index is 13.8. The van der Waals surface area contributed by atoms with Gasteiger partial charge in [0.05, 0.1) is 16.7 Å². The Morgan fingerprint density at radius 1 is 0.865 bits per heavy atom. The van der Waals surface area contributed by atoms with E-state index < -0.39 is 18.3 Å². The van der Waals surface area contributed by atoms with E-state index in [2.05, 4.69) is 78.0 Å². The van der Waals surface area contributed by atoms with E-state index in [1.165, 1.54) is 5.56 Å². The minimum absolute atomic E-state index is 0.0430. The van der Waals surface area contributed by atoms with Crippen molar-refractivity contribution in [2.45, 2.75) is 88.9 Å². The predicted molar refractivity (Wildman–Crippen MR) is 155 cm³/mol. The fourth-order valence-corrected chi connectivity index (χ4v) is 13.7. The molecule has 0 bridgehead atoms. The third-order valence-electron chi connectivity index (χ3n) is 8.66. The van der Waals surface area contributed by atoms with Crippen LogP contribution in [0.3, 0.4) is 0 Å². The van der Waals surface area contributed by atoms with Gasteiger partial charge in [0.1, 0.15) is 0 Å². The molecular weight excluding hydrogens is 494 g/mol. The SMILES string of the molecule is Cc1ccc(S(=O)(=O)N2C=C[C@H]3[C@H](C(O[Si](C(C)C)(C(C)C)C(C)C)=C[C@H]3c3ccccc3)[C@H]2C)cc1.